The first-order valence-electron chi connectivity index (χ1n) is 9.72. The molecule has 4 rings (SSSR count). The van der Waals surface area contributed by atoms with Crippen molar-refractivity contribution in [1.29, 1.82) is 0 Å². The fourth-order valence-corrected chi connectivity index (χ4v) is 3.67. The molecule has 1 N–H and O–H groups in total. The monoisotopic (exact) mass is 366 g/mol. The van der Waals surface area contributed by atoms with E-state index >= 15 is 0 Å². The highest BCUT2D eigenvalue weighted by atomic mass is 16.2. The quantitative estimate of drug-likeness (QED) is 0.905. The maximum Gasteiger partial charge on any atom is 0.321 e. The molecule has 1 aromatic carbocycles. The number of carbonyl (C=O) groups is 1. The molecule has 0 aliphatic carbocycles. The molecule has 0 bridgehead atoms. The van der Waals surface area contributed by atoms with Crippen molar-refractivity contribution in [3.8, 4) is 0 Å². The predicted octanol–water partition coefficient (Wildman–Crippen LogP) is 2.82. The number of carbonyl (C=O) groups excluding carboxylic acids is 1. The first-order chi connectivity index (χ1) is 13.3. The minimum Gasteiger partial charge on any atom is -0.372 e. The van der Waals surface area contributed by atoms with Crippen LogP contribution in [0.1, 0.15) is 19.3 Å². The standard InChI is InChI=1S/C20H26N6O/c27-20(26-15-13-25(14-16-26)19-21-9-4-10-22-19)23-17-5-7-18(8-6-17)24-11-2-1-3-12-24/h4-10H,1-3,11-16H2,(H,23,27). The lowest BCUT2D eigenvalue weighted by atomic mass is 10.1. The topological polar surface area (TPSA) is 64.6 Å². The van der Waals surface area contributed by atoms with Crippen molar-refractivity contribution < 1.29 is 4.79 Å². The predicted molar refractivity (Wildman–Crippen MR) is 107 cm³/mol. The van der Waals surface area contributed by atoms with Crippen LogP contribution in [0.3, 0.4) is 0 Å². The van der Waals surface area contributed by atoms with E-state index in [9.17, 15) is 4.79 Å². The zero-order valence-electron chi connectivity index (χ0n) is 15.5. The molecule has 1 aromatic heterocycles. The van der Waals surface area contributed by atoms with E-state index in [2.05, 4.69) is 37.2 Å². The smallest absolute Gasteiger partial charge is 0.321 e. The lowest BCUT2D eigenvalue weighted by Gasteiger charge is -2.34. The Morgan fingerprint density at radius 1 is 0.815 bits per heavy atom. The van der Waals surface area contributed by atoms with Gasteiger partial charge in [-0.15, -0.1) is 0 Å². The number of rotatable bonds is 3. The molecule has 2 aliphatic heterocycles. The number of aromatic nitrogens is 2. The summed E-state index contributed by atoms with van der Waals surface area (Å²) in [5.41, 5.74) is 2.08. The molecular weight excluding hydrogens is 340 g/mol. The molecule has 2 saturated heterocycles. The van der Waals surface area contributed by atoms with Crippen molar-refractivity contribution in [3.63, 3.8) is 0 Å². The van der Waals surface area contributed by atoms with Crippen LogP contribution in [0.5, 0.6) is 0 Å². The number of nitrogens with one attached hydrogen (secondary N) is 1. The van der Waals surface area contributed by atoms with Gasteiger partial charge in [0.25, 0.3) is 0 Å². The van der Waals surface area contributed by atoms with E-state index < -0.39 is 0 Å². The number of anilines is 3. The largest absolute Gasteiger partial charge is 0.372 e. The number of nitrogens with zero attached hydrogens (tertiary/aromatic N) is 5. The Kier molecular flexibility index (Phi) is 5.37. The maximum atomic E-state index is 12.6. The summed E-state index contributed by atoms with van der Waals surface area (Å²) in [5, 5.41) is 3.02. The van der Waals surface area contributed by atoms with Crippen molar-refractivity contribution in [2.75, 3.05) is 54.4 Å². The van der Waals surface area contributed by atoms with Crippen molar-refractivity contribution in [3.05, 3.63) is 42.7 Å². The molecule has 2 amide bonds. The third-order valence-electron chi connectivity index (χ3n) is 5.24. The highest BCUT2D eigenvalue weighted by Crippen LogP contribution is 2.22. The number of amides is 2. The third-order valence-corrected chi connectivity index (χ3v) is 5.24. The summed E-state index contributed by atoms with van der Waals surface area (Å²) in [5.74, 6) is 0.728. The molecule has 0 saturated carbocycles. The van der Waals surface area contributed by atoms with E-state index in [1.165, 1.54) is 24.9 Å². The summed E-state index contributed by atoms with van der Waals surface area (Å²) in [4.78, 5) is 27.5. The van der Waals surface area contributed by atoms with Gasteiger partial charge in [-0.2, -0.15) is 0 Å². The van der Waals surface area contributed by atoms with Crippen LogP contribution in [-0.2, 0) is 0 Å². The first kappa shape index (κ1) is 17.6. The van der Waals surface area contributed by atoms with E-state index in [-0.39, 0.29) is 6.03 Å². The summed E-state index contributed by atoms with van der Waals surface area (Å²) in [6, 6.07) is 9.96. The van der Waals surface area contributed by atoms with Gasteiger partial charge in [-0.25, -0.2) is 14.8 Å². The molecule has 2 fully saturated rings. The van der Waals surface area contributed by atoms with Gasteiger partial charge in [0.05, 0.1) is 0 Å². The molecule has 0 radical (unpaired) electrons. The Hall–Kier alpha value is -2.83. The van der Waals surface area contributed by atoms with E-state index in [0.717, 1.165) is 37.8 Å². The molecule has 27 heavy (non-hydrogen) atoms. The Balaban J connectivity index is 1.29. The van der Waals surface area contributed by atoms with Gasteiger partial charge < -0.3 is 20.0 Å². The van der Waals surface area contributed by atoms with Crippen LogP contribution >= 0.6 is 0 Å². The summed E-state index contributed by atoms with van der Waals surface area (Å²) in [7, 11) is 0. The number of benzene rings is 1. The van der Waals surface area contributed by atoms with Crippen LogP contribution in [0, 0.1) is 0 Å². The van der Waals surface area contributed by atoms with Gasteiger partial charge in [0, 0.05) is 63.0 Å². The van der Waals surface area contributed by atoms with Crippen molar-refractivity contribution in [1.82, 2.24) is 14.9 Å². The summed E-state index contributed by atoms with van der Waals surface area (Å²) < 4.78 is 0. The molecule has 0 atom stereocenters. The fourth-order valence-electron chi connectivity index (χ4n) is 3.67. The van der Waals surface area contributed by atoms with Crippen LogP contribution in [0.4, 0.5) is 22.1 Å². The Labute approximate surface area is 160 Å². The maximum absolute atomic E-state index is 12.6. The minimum atomic E-state index is -0.0469. The first-order valence-corrected chi connectivity index (χ1v) is 9.72. The number of urea groups is 1. The van der Waals surface area contributed by atoms with Gasteiger partial charge in [-0.1, -0.05) is 0 Å². The summed E-state index contributed by atoms with van der Waals surface area (Å²) in [6.45, 7) is 5.06. The Morgan fingerprint density at radius 3 is 2.15 bits per heavy atom. The van der Waals surface area contributed by atoms with E-state index in [1.54, 1.807) is 12.4 Å². The summed E-state index contributed by atoms with van der Waals surface area (Å²) in [6.07, 6.45) is 7.34. The molecular formula is C20H26N6O. The van der Waals surface area contributed by atoms with Crippen molar-refractivity contribution >= 4 is 23.4 Å². The number of hydrogen-bond acceptors (Lipinski definition) is 5. The molecule has 7 heteroatoms. The highest BCUT2D eigenvalue weighted by molar-refractivity contribution is 5.89. The Bertz CT molecular complexity index is 737. The average molecular weight is 366 g/mol. The second kappa shape index (κ2) is 8.24. The fraction of sp³-hybridized carbons (Fsp3) is 0.450. The molecule has 2 aromatic rings. The lowest BCUT2D eigenvalue weighted by molar-refractivity contribution is 0.208. The van der Waals surface area contributed by atoms with Crippen LogP contribution in [0.2, 0.25) is 0 Å². The van der Waals surface area contributed by atoms with Gasteiger partial charge in [0.1, 0.15) is 0 Å². The van der Waals surface area contributed by atoms with Crippen molar-refractivity contribution in [2.24, 2.45) is 0 Å². The van der Waals surface area contributed by atoms with Crippen LogP contribution in [0.15, 0.2) is 42.7 Å². The molecule has 7 nitrogen and oxygen atoms in total. The number of hydrogen-bond donors (Lipinski definition) is 1. The number of piperidine rings is 1. The zero-order chi connectivity index (χ0) is 18.5. The lowest BCUT2D eigenvalue weighted by Crippen LogP contribution is -2.50. The third kappa shape index (κ3) is 4.30. The second-order valence-corrected chi connectivity index (χ2v) is 7.05. The van der Waals surface area contributed by atoms with Gasteiger partial charge in [-0.05, 0) is 49.6 Å². The molecule has 0 unspecified atom stereocenters. The Morgan fingerprint density at radius 2 is 1.48 bits per heavy atom. The SMILES string of the molecule is O=C(Nc1ccc(N2CCCCC2)cc1)N1CCN(c2ncccn2)CC1. The van der Waals surface area contributed by atoms with Crippen molar-refractivity contribution in [2.45, 2.75) is 19.3 Å². The van der Waals surface area contributed by atoms with E-state index in [0.29, 0.717) is 13.1 Å². The molecule has 142 valence electrons. The normalized spacial score (nSPS) is 17.7. The summed E-state index contributed by atoms with van der Waals surface area (Å²) >= 11 is 0. The van der Waals surface area contributed by atoms with Gasteiger partial charge in [-0.3, -0.25) is 0 Å². The van der Waals surface area contributed by atoms with E-state index in [1.807, 2.05) is 23.1 Å². The van der Waals surface area contributed by atoms with Crippen LogP contribution in [0.25, 0.3) is 0 Å². The minimum absolute atomic E-state index is 0.0469. The molecule has 3 heterocycles. The molecule has 0 spiro atoms. The molecule has 2 aliphatic rings. The van der Waals surface area contributed by atoms with Gasteiger partial charge in [0.15, 0.2) is 0 Å². The van der Waals surface area contributed by atoms with Crippen LogP contribution in [-0.4, -0.2) is 60.2 Å². The average Bonchev–Trinajstić information content (AvgIpc) is 2.76. The highest BCUT2D eigenvalue weighted by Gasteiger charge is 2.22. The van der Waals surface area contributed by atoms with Crippen LogP contribution < -0.4 is 15.1 Å². The number of piperazine rings is 1. The van der Waals surface area contributed by atoms with Gasteiger partial charge >= 0.3 is 6.03 Å². The van der Waals surface area contributed by atoms with E-state index in [4.69, 9.17) is 0 Å². The zero-order valence-corrected chi connectivity index (χ0v) is 15.5. The second-order valence-electron chi connectivity index (χ2n) is 7.05. The van der Waals surface area contributed by atoms with Gasteiger partial charge in [0.2, 0.25) is 5.95 Å².